The van der Waals surface area contributed by atoms with E-state index in [0.29, 0.717) is 11.3 Å². The number of benzene rings is 3. The maximum Gasteiger partial charge on any atom is 0.416 e. The van der Waals surface area contributed by atoms with Gasteiger partial charge in [0, 0.05) is 11.3 Å². The Labute approximate surface area is 188 Å². The van der Waals surface area contributed by atoms with Gasteiger partial charge in [-0.1, -0.05) is 29.3 Å². The number of amides is 1. The highest BCUT2D eigenvalue weighted by atomic mass is 35.5. The number of aryl methyl sites for hydroxylation is 2. The van der Waals surface area contributed by atoms with Crippen LogP contribution in [0.4, 0.5) is 24.5 Å². The first-order valence-electron chi connectivity index (χ1n) is 9.25. The molecule has 32 heavy (non-hydrogen) atoms. The van der Waals surface area contributed by atoms with Gasteiger partial charge in [0.2, 0.25) is 0 Å². The van der Waals surface area contributed by atoms with Crippen LogP contribution < -0.4 is 10.0 Å². The molecule has 10 heteroatoms. The number of nitrogens with one attached hydrogen (secondary N) is 2. The molecule has 0 saturated carbocycles. The molecule has 5 nitrogen and oxygen atoms in total. The minimum Gasteiger partial charge on any atom is -0.322 e. The van der Waals surface area contributed by atoms with Gasteiger partial charge in [0.15, 0.2) is 0 Å². The zero-order valence-corrected chi connectivity index (χ0v) is 18.5. The Morgan fingerprint density at radius 1 is 0.938 bits per heavy atom. The van der Waals surface area contributed by atoms with Crippen LogP contribution in [0.3, 0.4) is 0 Å². The standard InChI is InChI=1S/C22H18ClF3N2O3S/c1-13-3-10-19(14(2)11-13)28-32(30,31)20-12-15(4-9-18(20)23)21(29)27-17-7-5-16(6-8-17)22(24,25)26/h3-12,28H,1-2H3,(H,27,29). The van der Waals surface area contributed by atoms with E-state index in [1.54, 1.807) is 19.1 Å². The first kappa shape index (κ1) is 23.6. The van der Waals surface area contributed by atoms with Gasteiger partial charge >= 0.3 is 6.18 Å². The predicted molar refractivity (Wildman–Crippen MR) is 118 cm³/mol. The molecule has 2 N–H and O–H groups in total. The third kappa shape index (κ3) is 5.41. The Bertz CT molecular complexity index is 1270. The van der Waals surface area contributed by atoms with Crippen molar-refractivity contribution in [3.05, 3.63) is 87.9 Å². The molecule has 168 valence electrons. The van der Waals surface area contributed by atoms with Crippen molar-refractivity contribution < 1.29 is 26.4 Å². The van der Waals surface area contributed by atoms with Crippen LogP contribution in [0.25, 0.3) is 0 Å². The first-order valence-corrected chi connectivity index (χ1v) is 11.1. The summed E-state index contributed by atoms with van der Waals surface area (Å²) < 4.78 is 66.3. The summed E-state index contributed by atoms with van der Waals surface area (Å²) in [6, 6.07) is 12.8. The van der Waals surface area contributed by atoms with E-state index in [2.05, 4.69) is 10.0 Å². The Hall–Kier alpha value is -3.04. The van der Waals surface area contributed by atoms with E-state index in [1.807, 2.05) is 13.0 Å². The van der Waals surface area contributed by atoms with E-state index in [4.69, 9.17) is 11.6 Å². The average Bonchev–Trinajstić information content (AvgIpc) is 2.70. The smallest absolute Gasteiger partial charge is 0.322 e. The topological polar surface area (TPSA) is 75.3 Å². The third-order valence-electron chi connectivity index (χ3n) is 4.58. The molecule has 3 aromatic rings. The van der Waals surface area contributed by atoms with E-state index in [9.17, 15) is 26.4 Å². The van der Waals surface area contributed by atoms with Crippen LogP contribution in [0.2, 0.25) is 5.02 Å². The monoisotopic (exact) mass is 482 g/mol. The highest BCUT2D eigenvalue weighted by Gasteiger charge is 2.30. The lowest BCUT2D eigenvalue weighted by molar-refractivity contribution is -0.137. The summed E-state index contributed by atoms with van der Waals surface area (Å²) in [4.78, 5) is 12.2. The Kier molecular flexibility index (Phi) is 6.52. The fourth-order valence-corrected chi connectivity index (χ4v) is 4.58. The summed E-state index contributed by atoms with van der Waals surface area (Å²) in [5, 5.41) is 2.35. The molecule has 1 amide bonds. The highest BCUT2D eigenvalue weighted by molar-refractivity contribution is 7.92. The van der Waals surface area contributed by atoms with E-state index in [-0.39, 0.29) is 21.2 Å². The maximum atomic E-state index is 12.9. The average molecular weight is 483 g/mol. The summed E-state index contributed by atoms with van der Waals surface area (Å²) >= 11 is 6.08. The van der Waals surface area contributed by atoms with Crippen LogP contribution >= 0.6 is 11.6 Å². The minimum absolute atomic E-state index is 0.0321. The molecule has 0 bridgehead atoms. The van der Waals surface area contributed by atoms with Crippen LogP contribution in [-0.2, 0) is 16.2 Å². The second kappa shape index (κ2) is 8.84. The van der Waals surface area contributed by atoms with E-state index in [1.165, 1.54) is 12.1 Å². The van der Waals surface area contributed by atoms with E-state index in [0.717, 1.165) is 35.9 Å². The molecule has 0 aliphatic heterocycles. The van der Waals surface area contributed by atoms with Crippen molar-refractivity contribution in [1.82, 2.24) is 0 Å². The lowest BCUT2D eigenvalue weighted by atomic mass is 10.1. The summed E-state index contributed by atoms with van der Waals surface area (Å²) in [6.07, 6.45) is -4.50. The van der Waals surface area contributed by atoms with Gasteiger partial charge in [-0.25, -0.2) is 8.42 Å². The lowest BCUT2D eigenvalue weighted by Gasteiger charge is -2.13. The number of rotatable bonds is 5. The van der Waals surface area contributed by atoms with Crippen molar-refractivity contribution >= 4 is 38.9 Å². The fraction of sp³-hybridized carbons (Fsp3) is 0.136. The molecular weight excluding hydrogens is 465 g/mol. The molecular formula is C22H18ClF3N2O3S. The number of carbonyl (C=O) groups is 1. The van der Waals surface area contributed by atoms with Crippen molar-refractivity contribution in [2.75, 3.05) is 10.0 Å². The van der Waals surface area contributed by atoms with Crippen molar-refractivity contribution in [2.24, 2.45) is 0 Å². The van der Waals surface area contributed by atoms with Crippen molar-refractivity contribution in [3.63, 3.8) is 0 Å². The quantitative estimate of drug-likeness (QED) is 0.466. The Balaban J connectivity index is 1.85. The number of hydrogen-bond acceptors (Lipinski definition) is 3. The second-order valence-corrected chi connectivity index (χ2v) is 9.16. The Morgan fingerprint density at radius 3 is 2.19 bits per heavy atom. The summed E-state index contributed by atoms with van der Waals surface area (Å²) in [5.41, 5.74) is 1.27. The number of halogens is 4. The first-order chi connectivity index (χ1) is 14.9. The molecule has 0 aromatic heterocycles. The fourth-order valence-electron chi connectivity index (χ4n) is 2.92. The predicted octanol–water partition coefficient (Wildman–Crippen LogP) is 6.03. The van der Waals surface area contributed by atoms with Crippen molar-refractivity contribution in [1.29, 1.82) is 0 Å². The Morgan fingerprint density at radius 2 is 1.59 bits per heavy atom. The van der Waals surface area contributed by atoms with Gasteiger partial charge in [0.25, 0.3) is 15.9 Å². The van der Waals surface area contributed by atoms with Crippen LogP contribution in [0.5, 0.6) is 0 Å². The molecule has 0 unspecified atom stereocenters. The van der Waals surface area contributed by atoms with Gasteiger partial charge in [0.05, 0.1) is 16.3 Å². The largest absolute Gasteiger partial charge is 0.416 e. The number of anilines is 2. The van der Waals surface area contributed by atoms with Crippen LogP contribution in [0, 0.1) is 13.8 Å². The van der Waals surface area contributed by atoms with Gasteiger partial charge in [-0.2, -0.15) is 13.2 Å². The third-order valence-corrected chi connectivity index (χ3v) is 6.43. The van der Waals surface area contributed by atoms with Gasteiger partial charge in [-0.3, -0.25) is 9.52 Å². The number of sulfonamides is 1. The summed E-state index contributed by atoms with van der Waals surface area (Å²) in [5.74, 6) is -0.704. The minimum atomic E-state index is -4.50. The highest BCUT2D eigenvalue weighted by Crippen LogP contribution is 2.30. The van der Waals surface area contributed by atoms with Gasteiger partial charge in [0.1, 0.15) is 4.90 Å². The SMILES string of the molecule is Cc1ccc(NS(=O)(=O)c2cc(C(=O)Nc3ccc(C(F)(F)F)cc3)ccc2Cl)c(C)c1. The second-order valence-electron chi connectivity index (χ2n) is 7.10. The molecule has 0 heterocycles. The molecule has 0 atom stereocenters. The molecule has 3 aromatic carbocycles. The number of alkyl halides is 3. The summed E-state index contributed by atoms with van der Waals surface area (Å²) in [6.45, 7) is 3.63. The van der Waals surface area contributed by atoms with Gasteiger partial charge in [-0.05, 0) is 67.9 Å². The van der Waals surface area contributed by atoms with Crippen molar-refractivity contribution in [2.45, 2.75) is 24.9 Å². The van der Waals surface area contributed by atoms with Crippen molar-refractivity contribution in [3.8, 4) is 0 Å². The van der Waals surface area contributed by atoms with Gasteiger partial charge in [-0.15, -0.1) is 0 Å². The maximum absolute atomic E-state index is 12.9. The molecule has 3 rings (SSSR count). The molecule has 0 saturated heterocycles. The summed E-state index contributed by atoms with van der Waals surface area (Å²) in [7, 11) is -4.12. The van der Waals surface area contributed by atoms with E-state index < -0.39 is 27.7 Å². The van der Waals surface area contributed by atoms with Crippen LogP contribution in [-0.4, -0.2) is 14.3 Å². The molecule has 0 fully saturated rings. The lowest BCUT2D eigenvalue weighted by Crippen LogP contribution is -2.17. The number of carbonyl (C=O) groups excluding carboxylic acids is 1. The molecule has 0 aliphatic rings. The molecule has 0 spiro atoms. The number of hydrogen-bond donors (Lipinski definition) is 2. The zero-order valence-electron chi connectivity index (χ0n) is 16.9. The normalized spacial score (nSPS) is 11.8. The zero-order chi connectivity index (χ0) is 23.7. The molecule has 0 aliphatic carbocycles. The van der Waals surface area contributed by atoms with E-state index >= 15 is 0 Å². The van der Waals surface area contributed by atoms with Crippen LogP contribution in [0.1, 0.15) is 27.0 Å². The van der Waals surface area contributed by atoms with Crippen LogP contribution in [0.15, 0.2) is 65.6 Å². The molecule has 0 radical (unpaired) electrons. The van der Waals surface area contributed by atoms with Gasteiger partial charge < -0.3 is 5.32 Å².